The molecule has 3 atom stereocenters. The Morgan fingerprint density at radius 3 is 1.83 bits per heavy atom. The SMILES string of the molecule is CCN(C(C)C)C(C)C.O=C(O)CCCC(=O)NCCCOCCOCCOCCCNC(=O)CCCCC1SC[C@H]2NC(=O)N[C@@H]12. The van der Waals surface area contributed by atoms with Crippen LogP contribution >= 0.6 is 11.8 Å². The molecule has 2 aliphatic rings. The number of hydrogen-bond acceptors (Lipinski definition) is 9. The predicted octanol–water partition coefficient (Wildman–Crippen LogP) is 3.15. The maximum absolute atomic E-state index is 12.0. The molecule has 0 aromatic heterocycles. The number of rotatable bonds is 26. The number of unbranched alkanes of at least 4 members (excludes halogenated alkanes) is 1. The number of carboxylic acid groups (broad SMARTS) is 1. The molecular formula is C33H63N5O8S. The predicted molar refractivity (Wildman–Crippen MR) is 186 cm³/mol. The summed E-state index contributed by atoms with van der Waals surface area (Å²) < 4.78 is 16.4. The minimum atomic E-state index is -0.892. The highest BCUT2D eigenvalue weighted by molar-refractivity contribution is 8.00. The van der Waals surface area contributed by atoms with Crippen LogP contribution in [0.4, 0.5) is 4.79 Å². The molecule has 0 aromatic rings. The van der Waals surface area contributed by atoms with Crippen LogP contribution in [0.25, 0.3) is 0 Å². The molecule has 14 heteroatoms. The van der Waals surface area contributed by atoms with E-state index < -0.39 is 5.97 Å². The van der Waals surface area contributed by atoms with Gasteiger partial charge in [-0.15, -0.1) is 0 Å². The van der Waals surface area contributed by atoms with Crippen LogP contribution in [0.5, 0.6) is 0 Å². The molecule has 47 heavy (non-hydrogen) atoms. The van der Waals surface area contributed by atoms with Crippen molar-refractivity contribution in [3.05, 3.63) is 0 Å². The zero-order valence-corrected chi connectivity index (χ0v) is 30.3. The molecule has 2 fully saturated rings. The van der Waals surface area contributed by atoms with Crippen molar-refractivity contribution in [2.75, 3.05) is 65.0 Å². The summed E-state index contributed by atoms with van der Waals surface area (Å²) in [7, 11) is 0. The minimum Gasteiger partial charge on any atom is -0.481 e. The Hall–Kier alpha value is -2.13. The standard InChI is InChI=1S/C25H44N4O8S.C8H19N/c30-21(7-2-1-6-20-24-19(18-38-20)28-25(34)29-24)26-10-4-12-35-14-16-37-17-15-36-13-5-11-27-22(31)8-3-9-23(32)33;1-6-9(7(2)3)8(4)5/h19-20,24H,1-18H2,(H,26,30)(H,27,31)(H,32,33)(H2,28,29,34);7-8H,6H2,1-5H3/t19-,20?,24-;/m1./s1. The molecule has 1 unspecified atom stereocenters. The molecule has 4 amide bonds. The lowest BCUT2D eigenvalue weighted by atomic mass is 10.0. The smallest absolute Gasteiger partial charge is 0.315 e. The molecule has 0 saturated carbocycles. The third-order valence-electron chi connectivity index (χ3n) is 7.89. The lowest BCUT2D eigenvalue weighted by molar-refractivity contribution is -0.137. The fourth-order valence-electron chi connectivity index (χ4n) is 5.52. The van der Waals surface area contributed by atoms with Crippen LogP contribution in [0.1, 0.15) is 92.4 Å². The number of carbonyl (C=O) groups is 4. The maximum Gasteiger partial charge on any atom is 0.315 e. The molecule has 0 spiro atoms. The lowest BCUT2D eigenvalue weighted by Gasteiger charge is -2.28. The summed E-state index contributed by atoms with van der Waals surface area (Å²) in [5.74, 6) is -0.00156. The minimum absolute atomic E-state index is 0.00453. The average Bonchev–Trinajstić information content (AvgIpc) is 3.56. The van der Waals surface area contributed by atoms with Gasteiger partial charge in [0.05, 0.1) is 38.5 Å². The quantitative estimate of drug-likeness (QED) is 0.0673. The van der Waals surface area contributed by atoms with Crippen molar-refractivity contribution in [1.29, 1.82) is 0 Å². The number of amides is 4. The van der Waals surface area contributed by atoms with Gasteiger partial charge in [-0.3, -0.25) is 19.3 Å². The number of hydrogen-bond donors (Lipinski definition) is 5. The fourth-order valence-corrected chi connectivity index (χ4v) is 7.07. The van der Waals surface area contributed by atoms with Crippen molar-refractivity contribution in [2.45, 2.75) is 122 Å². The summed E-state index contributed by atoms with van der Waals surface area (Å²) >= 11 is 1.90. The molecule has 0 aromatic carbocycles. The summed E-state index contributed by atoms with van der Waals surface area (Å²) in [4.78, 5) is 47.7. The zero-order chi connectivity index (χ0) is 34.9. The molecular weight excluding hydrogens is 626 g/mol. The Kier molecular flexibility index (Phi) is 24.4. The van der Waals surface area contributed by atoms with Crippen molar-refractivity contribution in [3.8, 4) is 0 Å². The molecule has 2 aliphatic heterocycles. The van der Waals surface area contributed by atoms with Crippen LogP contribution in [-0.2, 0) is 28.6 Å². The Morgan fingerprint density at radius 1 is 0.809 bits per heavy atom. The number of nitrogens with one attached hydrogen (secondary N) is 4. The van der Waals surface area contributed by atoms with Gasteiger partial charge in [-0.2, -0.15) is 11.8 Å². The van der Waals surface area contributed by atoms with E-state index >= 15 is 0 Å². The van der Waals surface area contributed by atoms with Crippen LogP contribution in [0.2, 0.25) is 0 Å². The number of carbonyl (C=O) groups excluding carboxylic acids is 3. The molecule has 2 rings (SSSR count). The largest absolute Gasteiger partial charge is 0.481 e. The fraction of sp³-hybridized carbons (Fsp3) is 0.879. The third kappa shape index (κ3) is 21.5. The van der Waals surface area contributed by atoms with E-state index in [9.17, 15) is 19.2 Å². The van der Waals surface area contributed by atoms with E-state index in [-0.39, 0.29) is 42.8 Å². The van der Waals surface area contributed by atoms with Gasteiger partial charge in [0.25, 0.3) is 0 Å². The summed E-state index contributed by atoms with van der Waals surface area (Å²) in [5, 5.41) is 20.6. The Morgan fingerprint density at radius 2 is 1.34 bits per heavy atom. The number of carboxylic acids is 1. The van der Waals surface area contributed by atoms with Gasteiger partial charge < -0.3 is 40.6 Å². The molecule has 2 saturated heterocycles. The highest BCUT2D eigenvalue weighted by Crippen LogP contribution is 2.33. The first-order valence-corrected chi connectivity index (χ1v) is 18.5. The van der Waals surface area contributed by atoms with E-state index in [1.807, 2.05) is 11.8 Å². The summed E-state index contributed by atoms with van der Waals surface area (Å²) in [6.45, 7) is 16.4. The van der Waals surface area contributed by atoms with Crippen molar-refractivity contribution in [2.24, 2.45) is 0 Å². The second kappa shape index (κ2) is 26.8. The normalized spacial score (nSPS) is 18.5. The summed E-state index contributed by atoms with van der Waals surface area (Å²) in [6, 6.07) is 1.79. The zero-order valence-electron chi connectivity index (χ0n) is 29.5. The first-order valence-electron chi connectivity index (χ1n) is 17.5. The maximum atomic E-state index is 12.0. The Bertz CT molecular complexity index is 874. The summed E-state index contributed by atoms with van der Waals surface area (Å²) in [5.41, 5.74) is 0. The number of thioether (sulfide) groups is 1. The lowest BCUT2D eigenvalue weighted by Crippen LogP contribution is -2.36. The van der Waals surface area contributed by atoms with Gasteiger partial charge in [-0.1, -0.05) is 13.3 Å². The van der Waals surface area contributed by atoms with Gasteiger partial charge >= 0.3 is 12.0 Å². The summed E-state index contributed by atoms with van der Waals surface area (Å²) in [6.07, 6.45) is 5.38. The van der Waals surface area contributed by atoms with Gasteiger partial charge in [0.2, 0.25) is 11.8 Å². The first-order chi connectivity index (χ1) is 22.5. The van der Waals surface area contributed by atoms with Crippen LogP contribution in [0.3, 0.4) is 0 Å². The molecule has 13 nitrogen and oxygen atoms in total. The van der Waals surface area contributed by atoms with E-state index in [1.165, 1.54) is 0 Å². The first kappa shape index (κ1) is 42.9. The number of aliphatic carboxylic acids is 1. The van der Waals surface area contributed by atoms with Gasteiger partial charge in [-0.25, -0.2) is 4.79 Å². The Labute approximate surface area is 286 Å². The second-order valence-corrected chi connectivity index (χ2v) is 13.6. The average molecular weight is 690 g/mol. The van der Waals surface area contributed by atoms with Crippen molar-refractivity contribution in [1.82, 2.24) is 26.2 Å². The topological polar surface area (TPSA) is 168 Å². The molecule has 0 aliphatic carbocycles. The number of urea groups is 1. The highest BCUT2D eigenvalue weighted by Gasteiger charge is 2.42. The Balaban J connectivity index is 0.00000107. The second-order valence-electron chi connectivity index (χ2n) is 12.4. The van der Waals surface area contributed by atoms with Crippen molar-refractivity contribution >= 4 is 35.6 Å². The van der Waals surface area contributed by atoms with E-state index in [0.717, 1.165) is 38.0 Å². The van der Waals surface area contributed by atoms with Gasteiger partial charge in [0.15, 0.2) is 0 Å². The van der Waals surface area contributed by atoms with E-state index in [0.29, 0.717) is 89.3 Å². The number of fused-ring (bicyclic) bond motifs is 1. The van der Waals surface area contributed by atoms with Gasteiger partial charge in [0.1, 0.15) is 0 Å². The number of ether oxygens (including phenoxy) is 3. The molecule has 274 valence electrons. The van der Waals surface area contributed by atoms with Gasteiger partial charge in [0, 0.05) is 68.7 Å². The van der Waals surface area contributed by atoms with Crippen LogP contribution in [0, 0.1) is 0 Å². The molecule has 0 bridgehead atoms. The molecule has 5 N–H and O–H groups in total. The van der Waals surface area contributed by atoms with E-state index in [1.54, 1.807) is 0 Å². The highest BCUT2D eigenvalue weighted by atomic mass is 32.2. The van der Waals surface area contributed by atoms with Crippen LogP contribution < -0.4 is 21.3 Å². The van der Waals surface area contributed by atoms with Gasteiger partial charge in [-0.05, 0) is 66.3 Å². The van der Waals surface area contributed by atoms with E-state index in [4.69, 9.17) is 19.3 Å². The van der Waals surface area contributed by atoms with Crippen LogP contribution in [-0.4, -0.2) is 128 Å². The third-order valence-corrected chi connectivity index (χ3v) is 9.39. The van der Waals surface area contributed by atoms with Crippen LogP contribution in [0.15, 0.2) is 0 Å². The van der Waals surface area contributed by atoms with Crippen molar-refractivity contribution < 1.29 is 38.5 Å². The number of nitrogens with zero attached hydrogens (tertiary/aromatic N) is 1. The van der Waals surface area contributed by atoms with E-state index in [2.05, 4.69) is 60.8 Å². The molecule has 0 radical (unpaired) electrons. The monoisotopic (exact) mass is 689 g/mol. The molecule has 2 heterocycles. The van der Waals surface area contributed by atoms with Crippen molar-refractivity contribution in [3.63, 3.8) is 0 Å².